The largest absolute Gasteiger partial charge is 0.324 e. The van der Waals surface area contributed by atoms with E-state index >= 15 is 0 Å². The first kappa shape index (κ1) is 20.8. The summed E-state index contributed by atoms with van der Waals surface area (Å²) in [5, 5.41) is 6.35. The molecule has 2 aromatic heterocycles. The average molecular weight is 453 g/mol. The van der Waals surface area contributed by atoms with Crippen molar-refractivity contribution in [3.05, 3.63) is 86.7 Å². The lowest BCUT2D eigenvalue weighted by Crippen LogP contribution is -2.28. The second kappa shape index (κ2) is 8.71. The molecule has 31 heavy (non-hydrogen) atoms. The molecule has 0 unspecified atom stereocenters. The van der Waals surface area contributed by atoms with Crippen LogP contribution in [0.25, 0.3) is 10.2 Å². The van der Waals surface area contributed by atoms with Gasteiger partial charge < -0.3 is 10.6 Å². The molecular formula is C22H17ClN4O3S. The molecule has 0 spiro atoms. The van der Waals surface area contributed by atoms with Crippen LogP contribution < -0.4 is 16.2 Å². The average Bonchev–Trinajstić information content (AvgIpc) is 3.08. The molecule has 2 N–H and O–H groups in total. The zero-order valence-electron chi connectivity index (χ0n) is 16.4. The van der Waals surface area contributed by atoms with Crippen molar-refractivity contribution in [1.82, 2.24) is 9.55 Å². The Hall–Kier alpha value is -3.49. The van der Waals surface area contributed by atoms with Gasteiger partial charge in [0.05, 0.1) is 16.6 Å². The van der Waals surface area contributed by atoms with E-state index < -0.39 is 0 Å². The Kier molecular flexibility index (Phi) is 5.83. The van der Waals surface area contributed by atoms with E-state index in [1.807, 2.05) is 18.2 Å². The van der Waals surface area contributed by atoms with E-state index in [1.54, 1.807) is 43.3 Å². The topological polar surface area (TPSA) is 93.1 Å². The second-order valence-corrected chi connectivity index (χ2v) is 8.23. The first-order valence-corrected chi connectivity index (χ1v) is 10.5. The van der Waals surface area contributed by atoms with Crippen LogP contribution in [-0.2, 0) is 11.3 Å². The lowest BCUT2D eigenvalue weighted by atomic mass is 10.2. The molecule has 0 saturated heterocycles. The number of fused-ring (bicyclic) bond motifs is 1. The van der Waals surface area contributed by atoms with E-state index in [0.29, 0.717) is 37.1 Å². The molecule has 0 fully saturated rings. The third-order valence-corrected chi connectivity index (χ3v) is 6.01. The van der Waals surface area contributed by atoms with Crippen LogP contribution in [0, 0.1) is 6.92 Å². The van der Waals surface area contributed by atoms with Gasteiger partial charge in [-0.2, -0.15) is 0 Å². The summed E-state index contributed by atoms with van der Waals surface area (Å²) < 4.78 is 1.22. The summed E-state index contributed by atoms with van der Waals surface area (Å²) in [4.78, 5) is 43.2. The van der Waals surface area contributed by atoms with Crippen molar-refractivity contribution in [2.45, 2.75) is 13.5 Å². The summed E-state index contributed by atoms with van der Waals surface area (Å²) in [5.41, 5.74) is 1.35. The fraction of sp³-hybridized carbons (Fsp3) is 0.0909. The molecule has 0 aliphatic heterocycles. The number of hydrogen-bond donors (Lipinski definition) is 2. The van der Waals surface area contributed by atoms with Gasteiger partial charge in [0.2, 0.25) is 5.91 Å². The number of carbonyl (C=O) groups excluding carboxylic acids is 2. The quantitative estimate of drug-likeness (QED) is 0.472. The molecule has 0 aliphatic rings. The Bertz CT molecular complexity index is 1350. The van der Waals surface area contributed by atoms with Crippen molar-refractivity contribution in [2.75, 3.05) is 10.6 Å². The van der Waals surface area contributed by atoms with Gasteiger partial charge in [0.15, 0.2) is 0 Å². The van der Waals surface area contributed by atoms with Gasteiger partial charge in [-0.05, 0) is 42.8 Å². The van der Waals surface area contributed by atoms with Crippen molar-refractivity contribution in [3.8, 4) is 0 Å². The lowest BCUT2D eigenvalue weighted by molar-refractivity contribution is -0.116. The number of para-hydroxylation sites is 1. The van der Waals surface area contributed by atoms with Crippen LogP contribution in [0.1, 0.15) is 15.2 Å². The van der Waals surface area contributed by atoms with E-state index in [1.165, 1.54) is 10.9 Å². The van der Waals surface area contributed by atoms with E-state index in [-0.39, 0.29) is 23.9 Å². The Balaban J connectivity index is 1.58. The van der Waals surface area contributed by atoms with Crippen molar-refractivity contribution < 1.29 is 9.59 Å². The van der Waals surface area contributed by atoms with Crippen LogP contribution in [0.5, 0.6) is 0 Å². The van der Waals surface area contributed by atoms with Crippen molar-refractivity contribution >= 4 is 56.3 Å². The molecule has 2 heterocycles. The lowest BCUT2D eigenvalue weighted by Gasteiger charge is -2.07. The molecule has 0 radical (unpaired) electrons. The van der Waals surface area contributed by atoms with Crippen LogP contribution in [-0.4, -0.2) is 21.4 Å². The molecule has 0 bridgehead atoms. The van der Waals surface area contributed by atoms with Crippen LogP contribution >= 0.6 is 22.9 Å². The Morgan fingerprint density at radius 1 is 1.06 bits per heavy atom. The van der Waals surface area contributed by atoms with Gasteiger partial charge >= 0.3 is 0 Å². The fourth-order valence-corrected chi connectivity index (χ4v) is 4.34. The van der Waals surface area contributed by atoms with Crippen molar-refractivity contribution in [1.29, 1.82) is 0 Å². The Labute approximate surface area is 186 Å². The molecule has 156 valence electrons. The molecule has 0 atom stereocenters. The third-order valence-electron chi connectivity index (χ3n) is 4.58. The van der Waals surface area contributed by atoms with Crippen LogP contribution in [0.3, 0.4) is 0 Å². The number of hydrogen-bond acceptors (Lipinski definition) is 5. The van der Waals surface area contributed by atoms with Gasteiger partial charge in [0, 0.05) is 16.4 Å². The van der Waals surface area contributed by atoms with Gasteiger partial charge in [0.1, 0.15) is 11.4 Å². The number of aryl methyl sites for hydroxylation is 1. The van der Waals surface area contributed by atoms with Crippen LogP contribution in [0.15, 0.2) is 65.7 Å². The number of nitrogens with zero attached hydrogens (tertiary/aromatic N) is 2. The minimum Gasteiger partial charge on any atom is -0.324 e. The second-order valence-electron chi connectivity index (χ2n) is 6.79. The van der Waals surface area contributed by atoms with Gasteiger partial charge in [-0.3, -0.25) is 19.0 Å². The van der Waals surface area contributed by atoms with Crippen molar-refractivity contribution in [2.24, 2.45) is 0 Å². The minimum atomic E-state index is -0.388. The van der Waals surface area contributed by atoms with E-state index in [4.69, 9.17) is 11.6 Å². The SMILES string of the molecule is Cc1c(C(=O)Nc2ccccc2)sc2ncn(CC(=O)Nc3cccc(Cl)c3)c(=O)c12. The zero-order valence-corrected chi connectivity index (χ0v) is 18.0. The van der Waals surface area contributed by atoms with E-state index in [9.17, 15) is 14.4 Å². The number of thiophene rings is 1. The van der Waals surface area contributed by atoms with Gasteiger partial charge in [-0.1, -0.05) is 35.9 Å². The first-order chi connectivity index (χ1) is 14.9. The van der Waals surface area contributed by atoms with Gasteiger partial charge in [-0.15, -0.1) is 11.3 Å². The molecule has 4 rings (SSSR count). The number of benzene rings is 2. The summed E-state index contributed by atoms with van der Waals surface area (Å²) >= 11 is 7.07. The molecule has 2 amide bonds. The van der Waals surface area contributed by atoms with E-state index in [0.717, 1.165) is 11.3 Å². The normalized spacial score (nSPS) is 10.8. The highest BCUT2D eigenvalue weighted by atomic mass is 35.5. The predicted molar refractivity (Wildman–Crippen MR) is 123 cm³/mol. The van der Waals surface area contributed by atoms with Crippen molar-refractivity contribution in [3.63, 3.8) is 0 Å². The summed E-state index contributed by atoms with van der Waals surface area (Å²) in [6.07, 6.45) is 1.32. The molecule has 0 aliphatic carbocycles. The zero-order chi connectivity index (χ0) is 22.0. The maximum atomic E-state index is 13.0. The van der Waals surface area contributed by atoms with E-state index in [2.05, 4.69) is 15.6 Å². The highest BCUT2D eigenvalue weighted by Crippen LogP contribution is 2.27. The Morgan fingerprint density at radius 2 is 1.81 bits per heavy atom. The third kappa shape index (κ3) is 4.50. The number of carbonyl (C=O) groups is 2. The smallest absolute Gasteiger partial charge is 0.266 e. The highest BCUT2D eigenvalue weighted by molar-refractivity contribution is 7.20. The molecule has 9 heteroatoms. The molecule has 7 nitrogen and oxygen atoms in total. The highest BCUT2D eigenvalue weighted by Gasteiger charge is 2.20. The van der Waals surface area contributed by atoms with Crippen LogP contribution in [0.2, 0.25) is 5.02 Å². The summed E-state index contributed by atoms with van der Waals surface area (Å²) in [7, 11) is 0. The summed E-state index contributed by atoms with van der Waals surface area (Å²) in [6.45, 7) is 1.49. The van der Waals surface area contributed by atoms with Gasteiger partial charge in [0.25, 0.3) is 11.5 Å². The monoisotopic (exact) mass is 452 g/mol. The maximum absolute atomic E-state index is 13.0. The molecule has 2 aromatic carbocycles. The fourth-order valence-electron chi connectivity index (χ4n) is 3.12. The van der Waals surface area contributed by atoms with Crippen LogP contribution in [0.4, 0.5) is 11.4 Å². The molecule has 0 saturated carbocycles. The molecule has 4 aromatic rings. The number of amides is 2. The number of halogens is 1. The number of aromatic nitrogens is 2. The van der Waals surface area contributed by atoms with Gasteiger partial charge in [-0.25, -0.2) is 4.98 Å². The number of anilines is 2. The maximum Gasteiger partial charge on any atom is 0.266 e. The summed E-state index contributed by atoms with van der Waals surface area (Å²) in [5.74, 6) is -0.697. The summed E-state index contributed by atoms with van der Waals surface area (Å²) in [6, 6.07) is 15.8. The number of rotatable bonds is 5. The Morgan fingerprint density at radius 3 is 2.55 bits per heavy atom. The first-order valence-electron chi connectivity index (χ1n) is 9.33. The minimum absolute atomic E-state index is 0.213. The number of nitrogens with one attached hydrogen (secondary N) is 2. The standard InChI is InChI=1S/C22H17ClN4O3S/c1-13-18-21(31-19(13)20(29)26-15-7-3-2-4-8-15)24-12-27(22(18)30)11-17(28)25-16-9-5-6-14(23)10-16/h2-10,12H,11H2,1H3,(H,25,28)(H,26,29). The molecular weight excluding hydrogens is 436 g/mol. The predicted octanol–water partition coefficient (Wildman–Crippen LogP) is 4.31.